The Morgan fingerprint density at radius 2 is 1.85 bits per heavy atom. The molecule has 1 aliphatic rings. The zero-order chi connectivity index (χ0) is 18.1. The van der Waals surface area contributed by atoms with Gasteiger partial charge in [0.1, 0.15) is 11.6 Å². The molecule has 0 atom stereocenters. The molecule has 2 aromatic carbocycles. The van der Waals surface area contributed by atoms with Crippen molar-refractivity contribution in [1.82, 2.24) is 4.98 Å². The van der Waals surface area contributed by atoms with E-state index >= 15 is 0 Å². The first-order valence-corrected chi connectivity index (χ1v) is 9.32. The summed E-state index contributed by atoms with van der Waals surface area (Å²) in [5, 5.41) is 4.82. The van der Waals surface area contributed by atoms with Gasteiger partial charge in [0.25, 0.3) is 5.91 Å². The summed E-state index contributed by atoms with van der Waals surface area (Å²) in [4.78, 5) is 16.6. The summed E-state index contributed by atoms with van der Waals surface area (Å²) in [5.74, 6) is -2.26. The molecule has 0 bridgehead atoms. The molecular formula is C20H16F2N2OS. The Bertz CT molecular complexity index is 984. The number of rotatable bonds is 3. The van der Waals surface area contributed by atoms with Gasteiger partial charge < -0.3 is 0 Å². The van der Waals surface area contributed by atoms with Crippen molar-refractivity contribution in [3.63, 3.8) is 0 Å². The van der Waals surface area contributed by atoms with Crippen molar-refractivity contribution < 1.29 is 13.6 Å². The first-order chi connectivity index (χ1) is 12.6. The predicted octanol–water partition coefficient (Wildman–Crippen LogP) is 5.22. The number of hydrogen-bond acceptors (Lipinski definition) is 3. The number of hydrogen-bond donors (Lipinski definition) is 1. The lowest BCUT2D eigenvalue weighted by molar-refractivity contribution is 0.102. The van der Waals surface area contributed by atoms with E-state index in [1.165, 1.54) is 35.3 Å². The molecule has 3 nitrogen and oxygen atoms in total. The molecule has 1 N–H and O–H groups in total. The topological polar surface area (TPSA) is 42.0 Å². The van der Waals surface area contributed by atoms with E-state index in [2.05, 4.69) is 22.4 Å². The summed E-state index contributed by atoms with van der Waals surface area (Å²) in [6.07, 6.45) is 4.65. The maximum atomic E-state index is 13.7. The highest BCUT2D eigenvalue weighted by molar-refractivity contribution is 7.14. The average Bonchev–Trinajstić information content (AvgIpc) is 3.09. The average molecular weight is 370 g/mol. The van der Waals surface area contributed by atoms with Gasteiger partial charge in [0.05, 0.1) is 11.3 Å². The number of carbonyl (C=O) groups excluding carboxylic acids is 1. The molecule has 1 heterocycles. The maximum Gasteiger partial charge on any atom is 0.260 e. The molecule has 0 saturated carbocycles. The number of aryl methyl sites for hydroxylation is 2. The van der Waals surface area contributed by atoms with Crippen molar-refractivity contribution in [2.24, 2.45) is 0 Å². The molecule has 6 heteroatoms. The number of thiazole rings is 1. The van der Waals surface area contributed by atoms with Crippen LogP contribution in [0, 0.1) is 11.6 Å². The van der Waals surface area contributed by atoms with Crippen molar-refractivity contribution in [3.8, 4) is 11.3 Å². The number of fused-ring (bicyclic) bond motifs is 1. The second kappa shape index (κ2) is 6.96. The molecule has 0 fully saturated rings. The van der Waals surface area contributed by atoms with Gasteiger partial charge in [0, 0.05) is 17.0 Å². The monoisotopic (exact) mass is 370 g/mol. The second-order valence-corrected chi connectivity index (χ2v) is 7.16. The van der Waals surface area contributed by atoms with Crippen LogP contribution in [0.5, 0.6) is 0 Å². The van der Waals surface area contributed by atoms with Crippen LogP contribution in [0.2, 0.25) is 0 Å². The van der Waals surface area contributed by atoms with Crippen LogP contribution in [0.1, 0.15) is 34.3 Å². The minimum absolute atomic E-state index is 0.211. The standard InChI is InChI=1S/C20H16F2N2OS/c21-15-7-8-16(17(22)10-15)19(25)24-20-23-18(11-26-20)14-6-5-12-3-1-2-4-13(12)9-14/h5-11H,1-4H2,(H,23,24,25). The van der Waals surface area contributed by atoms with E-state index in [1.54, 1.807) is 0 Å². The number of aromatic nitrogens is 1. The quantitative estimate of drug-likeness (QED) is 0.687. The largest absolute Gasteiger partial charge is 0.298 e. The number of anilines is 1. The predicted molar refractivity (Wildman–Crippen MR) is 98.5 cm³/mol. The lowest BCUT2D eigenvalue weighted by Crippen LogP contribution is -2.13. The van der Waals surface area contributed by atoms with Gasteiger partial charge in [-0.1, -0.05) is 12.1 Å². The fourth-order valence-corrected chi connectivity index (χ4v) is 3.91. The van der Waals surface area contributed by atoms with Gasteiger partial charge in [-0.2, -0.15) is 0 Å². The highest BCUT2D eigenvalue weighted by Gasteiger charge is 2.16. The van der Waals surface area contributed by atoms with Gasteiger partial charge >= 0.3 is 0 Å². The summed E-state index contributed by atoms with van der Waals surface area (Å²) < 4.78 is 26.7. The Kier molecular flexibility index (Phi) is 4.51. The Morgan fingerprint density at radius 3 is 2.65 bits per heavy atom. The van der Waals surface area contributed by atoms with Crippen LogP contribution in [0.15, 0.2) is 41.8 Å². The second-order valence-electron chi connectivity index (χ2n) is 6.31. The van der Waals surface area contributed by atoms with Crippen LogP contribution in [-0.2, 0) is 12.8 Å². The van der Waals surface area contributed by atoms with Gasteiger partial charge in [-0.3, -0.25) is 10.1 Å². The van der Waals surface area contributed by atoms with E-state index in [0.717, 1.165) is 36.2 Å². The Hall–Kier alpha value is -2.60. The van der Waals surface area contributed by atoms with Crippen molar-refractivity contribution in [1.29, 1.82) is 0 Å². The molecule has 1 amide bonds. The lowest BCUT2D eigenvalue weighted by atomic mass is 9.90. The molecular weight excluding hydrogens is 354 g/mol. The molecule has 0 aliphatic heterocycles. The lowest BCUT2D eigenvalue weighted by Gasteiger charge is -2.16. The van der Waals surface area contributed by atoms with Gasteiger partial charge in [0.15, 0.2) is 5.13 Å². The van der Waals surface area contributed by atoms with Crippen molar-refractivity contribution in [2.75, 3.05) is 5.32 Å². The normalized spacial score (nSPS) is 13.3. The minimum atomic E-state index is -0.894. The van der Waals surface area contributed by atoms with Crippen LogP contribution in [0.3, 0.4) is 0 Å². The van der Waals surface area contributed by atoms with Gasteiger partial charge in [0.2, 0.25) is 0 Å². The molecule has 0 saturated heterocycles. The van der Waals surface area contributed by atoms with Crippen LogP contribution in [-0.4, -0.2) is 10.9 Å². The number of amides is 1. The number of halogens is 2. The third kappa shape index (κ3) is 3.37. The summed E-state index contributed by atoms with van der Waals surface area (Å²) in [6, 6.07) is 9.22. The molecule has 0 spiro atoms. The SMILES string of the molecule is O=C(Nc1nc(-c2ccc3c(c2)CCCC3)cs1)c1ccc(F)cc1F. The Morgan fingerprint density at radius 1 is 1.04 bits per heavy atom. The van der Waals surface area contributed by atoms with Gasteiger partial charge in [-0.25, -0.2) is 13.8 Å². The zero-order valence-electron chi connectivity index (χ0n) is 13.9. The van der Waals surface area contributed by atoms with E-state index in [0.29, 0.717) is 11.2 Å². The highest BCUT2D eigenvalue weighted by atomic mass is 32.1. The summed E-state index contributed by atoms with van der Waals surface area (Å²) in [7, 11) is 0. The molecule has 1 aromatic heterocycles. The number of benzene rings is 2. The molecule has 4 rings (SSSR count). The van der Waals surface area contributed by atoms with Crippen LogP contribution in [0.4, 0.5) is 13.9 Å². The zero-order valence-corrected chi connectivity index (χ0v) is 14.7. The summed E-state index contributed by atoms with van der Waals surface area (Å²) in [6.45, 7) is 0. The van der Waals surface area contributed by atoms with E-state index in [4.69, 9.17) is 0 Å². The molecule has 132 valence electrons. The van der Waals surface area contributed by atoms with E-state index < -0.39 is 17.5 Å². The summed E-state index contributed by atoms with van der Waals surface area (Å²) >= 11 is 1.27. The fraction of sp³-hybridized carbons (Fsp3) is 0.200. The number of nitrogens with zero attached hydrogens (tertiary/aromatic N) is 1. The van der Waals surface area contributed by atoms with Crippen molar-refractivity contribution in [2.45, 2.75) is 25.7 Å². The maximum absolute atomic E-state index is 13.7. The van der Waals surface area contributed by atoms with Crippen LogP contribution in [0.25, 0.3) is 11.3 Å². The van der Waals surface area contributed by atoms with E-state index in [1.807, 2.05) is 11.4 Å². The highest BCUT2D eigenvalue weighted by Crippen LogP contribution is 2.29. The first-order valence-electron chi connectivity index (χ1n) is 8.44. The molecule has 3 aromatic rings. The number of carbonyl (C=O) groups is 1. The van der Waals surface area contributed by atoms with Gasteiger partial charge in [-0.15, -0.1) is 11.3 Å². The molecule has 0 radical (unpaired) electrons. The number of nitrogens with one attached hydrogen (secondary N) is 1. The van der Waals surface area contributed by atoms with E-state index in [-0.39, 0.29) is 5.56 Å². The molecule has 0 unspecified atom stereocenters. The van der Waals surface area contributed by atoms with Crippen LogP contribution < -0.4 is 5.32 Å². The molecule has 26 heavy (non-hydrogen) atoms. The first kappa shape index (κ1) is 16.8. The van der Waals surface area contributed by atoms with Gasteiger partial charge in [-0.05, 0) is 55.0 Å². The summed E-state index contributed by atoms with van der Waals surface area (Å²) in [5.41, 5.74) is 4.34. The Labute approximate surface area is 153 Å². The molecule has 1 aliphatic carbocycles. The van der Waals surface area contributed by atoms with E-state index in [9.17, 15) is 13.6 Å². The minimum Gasteiger partial charge on any atom is -0.298 e. The third-order valence-electron chi connectivity index (χ3n) is 4.54. The third-order valence-corrected chi connectivity index (χ3v) is 5.30. The smallest absolute Gasteiger partial charge is 0.260 e. The van der Waals surface area contributed by atoms with Crippen LogP contribution >= 0.6 is 11.3 Å². The van der Waals surface area contributed by atoms with Crippen molar-refractivity contribution >= 4 is 22.4 Å². The Balaban J connectivity index is 1.54. The fourth-order valence-electron chi connectivity index (χ4n) is 3.19. The van der Waals surface area contributed by atoms with Crippen molar-refractivity contribution in [3.05, 3.63) is 70.1 Å².